The minimum atomic E-state index is -3.60. The molecule has 1 aromatic carbocycles. The first kappa shape index (κ1) is 27.9. The number of ether oxygens (including phenoxy) is 1. The summed E-state index contributed by atoms with van der Waals surface area (Å²) in [4.78, 5) is 4.27. The van der Waals surface area contributed by atoms with Gasteiger partial charge in [0.05, 0.1) is 18.0 Å². The van der Waals surface area contributed by atoms with Crippen LogP contribution in [0, 0.1) is 12.7 Å². The number of hydrogen-bond donors (Lipinski definition) is 3. The van der Waals surface area contributed by atoms with Gasteiger partial charge in [0, 0.05) is 24.7 Å². The van der Waals surface area contributed by atoms with Gasteiger partial charge in [0.15, 0.2) is 11.6 Å². The summed E-state index contributed by atoms with van der Waals surface area (Å²) in [6.45, 7) is 2.01. The zero-order valence-electron chi connectivity index (χ0n) is 17.0. The van der Waals surface area contributed by atoms with Crippen molar-refractivity contribution in [3.8, 4) is 11.6 Å². The van der Waals surface area contributed by atoms with Crippen molar-refractivity contribution in [1.29, 1.82) is 0 Å². The number of nitrogens with one attached hydrogen (secondary N) is 2. The van der Waals surface area contributed by atoms with Crippen molar-refractivity contribution in [2.24, 2.45) is 5.73 Å². The molecule has 1 fully saturated rings. The summed E-state index contributed by atoms with van der Waals surface area (Å²) < 4.78 is 60.2. The van der Waals surface area contributed by atoms with Crippen LogP contribution in [0.15, 0.2) is 30.3 Å². The third-order valence-corrected chi connectivity index (χ3v) is 5.46. The van der Waals surface area contributed by atoms with Gasteiger partial charge in [-0.2, -0.15) is 0 Å². The standard InChI is InChI=1S/C19H24F2N4O3S.2BrH/c1-11-6-7-13(9-22)24-19(11)28-16-5-3-4-12(17(16)21)8-15-18(14(20)10-23-15)25-29(2,26)27;;/h3-7,14-15,18,23,25H,8-10,22H2,1-2H3;2*1H/t14-,15-,18-;;/m0../s1. The number of halogens is 4. The lowest BCUT2D eigenvalue weighted by Gasteiger charge is -2.21. The molecule has 4 N–H and O–H groups in total. The predicted octanol–water partition coefficient (Wildman–Crippen LogP) is 2.71. The van der Waals surface area contributed by atoms with Gasteiger partial charge < -0.3 is 15.8 Å². The van der Waals surface area contributed by atoms with Gasteiger partial charge >= 0.3 is 0 Å². The Morgan fingerprint density at radius 2 is 2.00 bits per heavy atom. The van der Waals surface area contributed by atoms with E-state index >= 15 is 4.39 Å². The number of nitrogens with two attached hydrogens (primary N) is 1. The summed E-state index contributed by atoms with van der Waals surface area (Å²) in [6, 6.07) is 6.64. The predicted molar refractivity (Wildman–Crippen MR) is 126 cm³/mol. The second kappa shape index (κ2) is 11.6. The zero-order chi connectivity index (χ0) is 21.2. The summed E-state index contributed by atoms with van der Waals surface area (Å²) in [7, 11) is -3.60. The van der Waals surface area contributed by atoms with Crippen LogP contribution in [0.5, 0.6) is 11.6 Å². The smallest absolute Gasteiger partial charge is 0.222 e. The number of rotatable bonds is 7. The Kier molecular flexibility index (Phi) is 10.4. The number of benzene rings is 1. The van der Waals surface area contributed by atoms with E-state index in [4.69, 9.17) is 10.5 Å². The van der Waals surface area contributed by atoms with Crippen LogP contribution in [0.4, 0.5) is 8.78 Å². The van der Waals surface area contributed by atoms with Crippen molar-refractivity contribution in [2.75, 3.05) is 12.8 Å². The number of aromatic nitrogens is 1. The lowest BCUT2D eigenvalue weighted by Crippen LogP contribution is -2.47. The number of nitrogens with zero attached hydrogens (tertiary/aromatic N) is 1. The maximum absolute atomic E-state index is 15.1. The summed E-state index contributed by atoms with van der Waals surface area (Å²) in [5, 5.41) is 2.91. The first-order valence-corrected chi connectivity index (χ1v) is 11.0. The molecule has 0 spiro atoms. The Balaban J connectivity index is 0.00000240. The zero-order valence-corrected chi connectivity index (χ0v) is 21.2. The molecule has 1 saturated heterocycles. The molecule has 1 aromatic heterocycles. The fraction of sp³-hybridized carbons (Fsp3) is 0.421. The Labute approximate surface area is 201 Å². The molecule has 31 heavy (non-hydrogen) atoms. The van der Waals surface area contributed by atoms with Gasteiger partial charge in [0.2, 0.25) is 15.9 Å². The maximum atomic E-state index is 15.1. The first-order valence-electron chi connectivity index (χ1n) is 9.14. The average molecular weight is 588 g/mol. The molecular formula is C19H26Br2F2N4O3S. The SMILES string of the molecule is Br.Br.Cc1ccc(CN)nc1Oc1cccc(C[C@@H]2NC[C@H](F)[C@@H]2NS(C)(=O)=O)c1F. The molecule has 0 unspecified atom stereocenters. The molecule has 174 valence electrons. The second-order valence-electron chi connectivity index (χ2n) is 7.11. The largest absolute Gasteiger partial charge is 0.436 e. The number of alkyl halides is 1. The van der Waals surface area contributed by atoms with Gasteiger partial charge in [-0.05, 0) is 31.0 Å². The Bertz CT molecular complexity index is 998. The van der Waals surface area contributed by atoms with E-state index in [2.05, 4.69) is 15.0 Å². The van der Waals surface area contributed by atoms with E-state index in [1.165, 1.54) is 6.07 Å². The molecule has 0 radical (unpaired) electrons. The molecule has 0 bridgehead atoms. The molecule has 1 aliphatic rings. The van der Waals surface area contributed by atoms with Gasteiger partial charge in [-0.1, -0.05) is 18.2 Å². The van der Waals surface area contributed by atoms with E-state index in [0.717, 1.165) is 11.8 Å². The molecule has 2 heterocycles. The number of sulfonamides is 1. The number of hydrogen-bond acceptors (Lipinski definition) is 6. The molecule has 3 atom stereocenters. The molecule has 0 amide bonds. The normalized spacial score (nSPS) is 20.6. The van der Waals surface area contributed by atoms with Crippen LogP contribution < -0.4 is 20.5 Å². The van der Waals surface area contributed by atoms with Crippen molar-refractivity contribution in [3.05, 3.63) is 53.0 Å². The highest BCUT2D eigenvalue weighted by atomic mass is 79.9. The van der Waals surface area contributed by atoms with E-state index in [-0.39, 0.29) is 70.7 Å². The second-order valence-corrected chi connectivity index (χ2v) is 8.89. The fourth-order valence-corrected chi connectivity index (χ4v) is 4.08. The highest BCUT2D eigenvalue weighted by Gasteiger charge is 2.38. The number of pyridine rings is 1. The van der Waals surface area contributed by atoms with Crippen LogP contribution >= 0.6 is 34.0 Å². The lowest BCUT2D eigenvalue weighted by atomic mass is 10.00. The van der Waals surface area contributed by atoms with Crippen molar-refractivity contribution < 1.29 is 21.9 Å². The van der Waals surface area contributed by atoms with Gasteiger partial charge in [-0.25, -0.2) is 26.9 Å². The van der Waals surface area contributed by atoms with Crippen molar-refractivity contribution in [3.63, 3.8) is 0 Å². The highest BCUT2D eigenvalue weighted by molar-refractivity contribution is 8.93. The van der Waals surface area contributed by atoms with E-state index in [0.29, 0.717) is 5.69 Å². The minimum absolute atomic E-state index is 0. The van der Waals surface area contributed by atoms with Crippen LogP contribution in [-0.4, -0.2) is 44.5 Å². The Morgan fingerprint density at radius 1 is 1.29 bits per heavy atom. The molecule has 3 rings (SSSR count). The topological polar surface area (TPSA) is 106 Å². The molecule has 2 aromatic rings. The number of aryl methyl sites for hydroxylation is 1. The monoisotopic (exact) mass is 586 g/mol. The molecule has 1 aliphatic heterocycles. The van der Waals surface area contributed by atoms with Crippen LogP contribution in [0.1, 0.15) is 16.8 Å². The Hall–Kier alpha value is -1.18. The van der Waals surface area contributed by atoms with Crippen LogP contribution in [0.2, 0.25) is 0 Å². The van der Waals surface area contributed by atoms with Crippen molar-refractivity contribution in [2.45, 2.75) is 38.1 Å². The molecule has 0 saturated carbocycles. The fourth-order valence-electron chi connectivity index (χ4n) is 3.27. The van der Waals surface area contributed by atoms with Crippen LogP contribution in [0.3, 0.4) is 0 Å². The van der Waals surface area contributed by atoms with Gasteiger partial charge in [0.25, 0.3) is 0 Å². The van der Waals surface area contributed by atoms with Gasteiger partial charge in [0.1, 0.15) is 6.17 Å². The highest BCUT2D eigenvalue weighted by Crippen LogP contribution is 2.29. The molecule has 0 aliphatic carbocycles. The quantitative estimate of drug-likeness (QED) is 0.460. The van der Waals surface area contributed by atoms with Crippen LogP contribution in [-0.2, 0) is 23.0 Å². The molecule has 12 heteroatoms. The minimum Gasteiger partial charge on any atom is -0.436 e. The Morgan fingerprint density at radius 3 is 2.65 bits per heavy atom. The van der Waals surface area contributed by atoms with E-state index in [1.807, 2.05) is 0 Å². The lowest BCUT2D eigenvalue weighted by molar-refractivity contribution is 0.304. The van der Waals surface area contributed by atoms with Crippen molar-refractivity contribution in [1.82, 2.24) is 15.0 Å². The first-order chi connectivity index (χ1) is 13.7. The summed E-state index contributed by atoms with van der Waals surface area (Å²) >= 11 is 0. The summed E-state index contributed by atoms with van der Waals surface area (Å²) in [6.07, 6.45) is -0.344. The van der Waals surface area contributed by atoms with E-state index in [1.54, 1.807) is 31.2 Å². The molecule has 7 nitrogen and oxygen atoms in total. The third-order valence-electron chi connectivity index (χ3n) is 4.76. The third kappa shape index (κ3) is 7.16. The molecular weight excluding hydrogens is 562 g/mol. The van der Waals surface area contributed by atoms with Crippen molar-refractivity contribution >= 4 is 44.0 Å². The van der Waals surface area contributed by atoms with Gasteiger partial charge in [-0.3, -0.25) is 0 Å². The van der Waals surface area contributed by atoms with Gasteiger partial charge in [-0.15, -0.1) is 34.0 Å². The summed E-state index contributed by atoms with van der Waals surface area (Å²) in [5.74, 6) is -0.368. The van der Waals surface area contributed by atoms with E-state index < -0.39 is 34.1 Å². The summed E-state index contributed by atoms with van der Waals surface area (Å²) in [5.41, 5.74) is 7.21. The van der Waals surface area contributed by atoms with Crippen LogP contribution in [0.25, 0.3) is 0 Å². The van der Waals surface area contributed by atoms with E-state index in [9.17, 15) is 12.8 Å². The maximum Gasteiger partial charge on any atom is 0.222 e. The average Bonchev–Trinajstić information content (AvgIpc) is 2.98.